The van der Waals surface area contributed by atoms with Gasteiger partial charge in [0.15, 0.2) is 0 Å². The van der Waals surface area contributed by atoms with Gasteiger partial charge in [-0.25, -0.2) is 0 Å². The smallest absolute Gasteiger partial charge is 0.303 e. The van der Waals surface area contributed by atoms with E-state index in [0.717, 1.165) is 25.4 Å². The molecule has 2 rings (SSSR count). The first-order valence-corrected chi connectivity index (χ1v) is 7.47. The van der Waals surface area contributed by atoms with E-state index in [1.165, 1.54) is 0 Å². The number of hydrogen-bond acceptors (Lipinski definition) is 4. The molecule has 0 aliphatic carbocycles. The molecule has 1 saturated heterocycles. The van der Waals surface area contributed by atoms with E-state index in [-0.39, 0.29) is 12.3 Å². The molecule has 1 aromatic rings. The number of carbonyl (C=O) groups is 2. The predicted octanol–water partition coefficient (Wildman–Crippen LogP) is 1.32. The van der Waals surface area contributed by atoms with Gasteiger partial charge in [-0.1, -0.05) is 0 Å². The summed E-state index contributed by atoms with van der Waals surface area (Å²) in [6.07, 6.45) is 0.854. The van der Waals surface area contributed by atoms with E-state index in [2.05, 4.69) is 4.90 Å². The molecule has 0 aromatic heterocycles. The van der Waals surface area contributed by atoms with Gasteiger partial charge >= 0.3 is 5.97 Å². The lowest BCUT2D eigenvalue weighted by Gasteiger charge is -2.34. The number of carbonyl (C=O) groups excluding carboxylic acids is 1. The monoisotopic (exact) mass is 306 g/mol. The molecule has 120 valence electrons. The Bertz CT molecular complexity index is 507. The zero-order valence-electron chi connectivity index (χ0n) is 12.8. The fourth-order valence-corrected chi connectivity index (χ4v) is 2.54. The van der Waals surface area contributed by atoms with Crippen LogP contribution in [0.5, 0.6) is 5.75 Å². The van der Waals surface area contributed by atoms with Crippen LogP contribution in [0, 0.1) is 0 Å². The second-order valence-electron chi connectivity index (χ2n) is 5.36. The fraction of sp³-hybridized carbons (Fsp3) is 0.500. The van der Waals surface area contributed by atoms with Crippen molar-refractivity contribution < 1.29 is 19.4 Å². The molecule has 1 aromatic carbocycles. The maximum atomic E-state index is 12.4. The van der Waals surface area contributed by atoms with Crippen LogP contribution in [0.1, 0.15) is 23.2 Å². The molecule has 1 fully saturated rings. The number of carboxylic acid groups (broad SMARTS) is 1. The highest BCUT2D eigenvalue weighted by molar-refractivity contribution is 5.94. The van der Waals surface area contributed by atoms with Crippen LogP contribution in [0.25, 0.3) is 0 Å². The molecule has 0 spiro atoms. The molecule has 0 unspecified atom stereocenters. The molecular weight excluding hydrogens is 284 g/mol. The Balaban J connectivity index is 1.80. The number of methoxy groups -OCH3 is 1. The zero-order chi connectivity index (χ0) is 15.9. The van der Waals surface area contributed by atoms with Crippen molar-refractivity contribution in [2.75, 3.05) is 39.8 Å². The summed E-state index contributed by atoms with van der Waals surface area (Å²) in [5, 5.41) is 8.64. The van der Waals surface area contributed by atoms with Crippen LogP contribution in [0.3, 0.4) is 0 Å². The summed E-state index contributed by atoms with van der Waals surface area (Å²) >= 11 is 0. The SMILES string of the molecule is COc1ccc(C(=O)N2CCN(CCCC(=O)O)CC2)cc1. The lowest BCUT2D eigenvalue weighted by molar-refractivity contribution is -0.137. The van der Waals surface area contributed by atoms with E-state index in [0.29, 0.717) is 25.1 Å². The van der Waals surface area contributed by atoms with Crippen LogP contribution in [-0.4, -0.2) is 66.6 Å². The van der Waals surface area contributed by atoms with Crippen molar-refractivity contribution in [3.05, 3.63) is 29.8 Å². The van der Waals surface area contributed by atoms with Gasteiger partial charge in [-0.15, -0.1) is 0 Å². The van der Waals surface area contributed by atoms with Crippen LogP contribution in [-0.2, 0) is 4.79 Å². The first-order chi connectivity index (χ1) is 10.6. The van der Waals surface area contributed by atoms with Gasteiger partial charge in [-0.05, 0) is 37.2 Å². The Hall–Kier alpha value is -2.08. The minimum Gasteiger partial charge on any atom is -0.497 e. The third kappa shape index (κ3) is 4.46. The molecule has 0 saturated carbocycles. The zero-order valence-corrected chi connectivity index (χ0v) is 12.8. The third-order valence-electron chi connectivity index (χ3n) is 3.86. The van der Waals surface area contributed by atoms with Gasteiger partial charge < -0.3 is 14.7 Å². The second kappa shape index (κ2) is 7.79. The summed E-state index contributed by atoms with van der Waals surface area (Å²) in [6, 6.07) is 7.13. The molecule has 1 aliphatic heterocycles. The summed E-state index contributed by atoms with van der Waals surface area (Å²) in [6.45, 7) is 3.72. The van der Waals surface area contributed by atoms with Crippen LogP contribution >= 0.6 is 0 Å². The van der Waals surface area contributed by atoms with Crippen molar-refractivity contribution in [2.45, 2.75) is 12.8 Å². The van der Waals surface area contributed by atoms with Gasteiger partial charge in [0, 0.05) is 38.2 Å². The maximum Gasteiger partial charge on any atom is 0.303 e. The van der Waals surface area contributed by atoms with Gasteiger partial charge in [-0.3, -0.25) is 14.5 Å². The first-order valence-electron chi connectivity index (χ1n) is 7.47. The van der Waals surface area contributed by atoms with E-state index in [1.54, 1.807) is 31.4 Å². The van der Waals surface area contributed by atoms with Crippen molar-refractivity contribution in [1.29, 1.82) is 0 Å². The van der Waals surface area contributed by atoms with Crippen LogP contribution < -0.4 is 4.74 Å². The Morgan fingerprint density at radius 2 is 1.77 bits per heavy atom. The number of ether oxygens (including phenoxy) is 1. The second-order valence-corrected chi connectivity index (χ2v) is 5.36. The highest BCUT2D eigenvalue weighted by atomic mass is 16.5. The minimum absolute atomic E-state index is 0.0350. The van der Waals surface area contributed by atoms with Gasteiger partial charge in [0.2, 0.25) is 0 Å². The number of piperazine rings is 1. The molecule has 1 aliphatic rings. The summed E-state index contributed by atoms with van der Waals surface area (Å²) < 4.78 is 5.09. The van der Waals surface area contributed by atoms with E-state index >= 15 is 0 Å². The summed E-state index contributed by atoms with van der Waals surface area (Å²) in [5.74, 6) is 0.0148. The number of rotatable bonds is 6. The first kappa shape index (κ1) is 16.3. The van der Waals surface area contributed by atoms with Crippen molar-refractivity contribution in [3.63, 3.8) is 0 Å². The normalized spacial score (nSPS) is 15.6. The number of benzene rings is 1. The van der Waals surface area contributed by atoms with Gasteiger partial charge in [0.1, 0.15) is 5.75 Å². The number of nitrogens with zero attached hydrogens (tertiary/aromatic N) is 2. The summed E-state index contributed by atoms with van der Waals surface area (Å²) in [5.41, 5.74) is 0.667. The molecular formula is C16H22N2O4. The fourth-order valence-electron chi connectivity index (χ4n) is 2.54. The molecule has 1 N–H and O–H groups in total. The van der Waals surface area contributed by atoms with E-state index in [4.69, 9.17) is 9.84 Å². The third-order valence-corrected chi connectivity index (χ3v) is 3.86. The average Bonchev–Trinajstić information content (AvgIpc) is 2.54. The molecule has 6 nitrogen and oxygen atoms in total. The predicted molar refractivity (Wildman–Crippen MR) is 82.2 cm³/mol. The lowest BCUT2D eigenvalue weighted by Crippen LogP contribution is -2.48. The van der Waals surface area contributed by atoms with Crippen molar-refractivity contribution in [3.8, 4) is 5.75 Å². The molecule has 0 atom stereocenters. The Morgan fingerprint density at radius 3 is 2.32 bits per heavy atom. The Kier molecular flexibility index (Phi) is 5.77. The standard InChI is InChI=1S/C16H22N2O4/c1-22-14-6-4-13(5-7-14)16(21)18-11-9-17(10-12-18)8-2-3-15(19)20/h4-7H,2-3,8-12H2,1H3,(H,19,20). The summed E-state index contributed by atoms with van der Waals surface area (Å²) in [4.78, 5) is 27.0. The van der Waals surface area contributed by atoms with Gasteiger partial charge in [0.25, 0.3) is 5.91 Å². The Labute approximate surface area is 130 Å². The van der Waals surface area contributed by atoms with E-state index in [1.807, 2.05) is 4.90 Å². The van der Waals surface area contributed by atoms with Crippen molar-refractivity contribution in [1.82, 2.24) is 9.80 Å². The number of carboxylic acids is 1. The number of amides is 1. The average molecular weight is 306 g/mol. The van der Waals surface area contributed by atoms with Crippen LogP contribution in [0.15, 0.2) is 24.3 Å². The summed E-state index contributed by atoms with van der Waals surface area (Å²) in [7, 11) is 1.60. The highest BCUT2D eigenvalue weighted by Crippen LogP contribution is 2.14. The quantitative estimate of drug-likeness (QED) is 0.858. The largest absolute Gasteiger partial charge is 0.497 e. The molecule has 1 amide bonds. The van der Waals surface area contributed by atoms with Crippen molar-refractivity contribution in [2.24, 2.45) is 0 Å². The van der Waals surface area contributed by atoms with Crippen molar-refractivity contribution >= 4 is 11.9 Å². The van der Waals surface area contributed by atoms with Gasteiger partial charge in [-0.2, -0.15) is 0 Å². The maximum absolute atomic E-state index is 12.4. The molecule has 0 radical (unpaired) electrons. The topological polar surface area (TPSA) is 70.1 Å². The van der Waals surface area contributed by atoms with Crippen LogP contribution in [0.4, 0.5) is 0 Å². The highest BCUT2D eigenvalue weighted by Gasteiger charge is 2.21. The molecule has 1 heterocycles. The minimum atomic E-state index is -0.756. The van der Waals surface area contributed by atoms with E-state index in [9.17, 15) is 9.59 Å². The van der Waals surface area contributed by atoms with Crippen LogP contribution in [0.2, 0.25) is 0 Å². The molecule has 0 bridgehead atoms. The van der Waals surface area contributed by atoms with E-state index < -0.39 is 5.97 Å². The number of aliphatic carboxylic acids is 1. The Morgan fingerprint density at radius 1 is 1.14 bits per heavy atom. The number of hydrogen-bond donors (Lipinski definition) is 1. The van der Waals surface area contributed by atoms with Gasteiger partial charge in [0.05, 0.1) is 7.11 Å². The molecule has 6 heteroatoms. The molecule has 22 heavy (non-hydrogen) atoms. The lowest BCUT2D eigenvalue weighted by atomic mass is 10.1.